The third kappa shape index (κ3) is 5.08. The van der Waals surface area contributed by atoms with Crippen LogP contribution in [0.15, 0.2) is 35.5 Å². The Morgan fingerprint density at radius 1 is 1.33 bits per heavy atom. The number of aryl methyl sites for hydroxylation is 1. The molecule has 27 heavy (non-hydrogen) atoms. The maximum absolute atomic E-state index is 13.8. The lowest BCUT2D eigenvalue weighted by molar-refractivity contribution is 0.463. The highest BCUT2D eigenvalue weighted by Crippen LogP contribution is 2.28. The first-order valence-corrected chi connectivity index (χ1v) is 9.91. The van der Waals surface area contributed by atoms with Crippen LogP contribution in [0.3, 0.4) is 0 Å². The number of aromatic nitrogens is 2. The summed E-state index contributed by atoms with van der Waals surface area (Å²) >= 11 is 0. The summed E-state index contributed by atoms with van der Waals surface area (Å²) in [7, 11) is 0. The quantitative estimate of drug-likeness (QED) is 0.589. The van der Waals surface area contributed by atoms with E-state index in [2.05, 4.69) is 31.6 Å². The van der Waals surface area contributed by atoms with E-state index in [4.69, 9.17) is 0 Å². The Morgan fingerprint density at radius 3 is 2.81 bits per heavy atom. The zero-order valence-electron chi connectivity index (χ0n) is 16.5. The van der Waals surface area contributed by atoms with Crippen molar-refractivity contribution in [2.24, 2.45) is 4.99 Å². The molecule has 0 amide bonds. The Labute approximate surface area is 161 Å². The van der Waals surface area contributed by atoms with E-state index in [1.54, 1.807) is 13.0 Å². The van der Waals surface area contributed by atoms with Crippen molar-refractivity contribution in [3.63, 3.8) is 0 Å². The predicted octanol–water partition coefficient (Wildman–Crippen LogP) is 4.26. The molecular weight excluding hydrogens is 341 g/mol. The number of halogens is 1. The first kappa shape index (κ1) is 19.4. The Balaban J connectivity index is 1.64. The van der Waals surface area contributed by atoms with Crippen molar-refractivity contribution in [2.75, 3.05) is 6.54 Å². The van der Waals surface area contributed by atoms with Crippen LogP contribution in [0.5, 0.6) is 0 Å². The first-order chi connectivity index (χ1) is 13.1. The van der Waals surface area contributed by atoms with Gasteiger partial charge in [-0.25, -0.2) is 9.38 Å². The summed E-state index contributed by atoms with van der Waals surface area (Å²) in [5, 5.41) is 11.3. The molecule has 1 aromatic heterocycles. The summed E-state index contributed by atoms with van der Waals surface area (Å²) in [5.74, 6) is 0.530. The van der Waals surface area contributed by atoms with Crippen molar-refractivity contribution in [1.29, 1.82) is 0 Å². The van der Waals surface area contributed by atoms with Crippen molar-refractivity contribution in [3.05, 3.63) is 53.1 Å². The van der Waals surface area contributed by atoms with Gasteiger partial charge in [0.1, 0.15) is 5.82 Å². The second-order valence-corrected chi connectivity index (χ2v) is 7.30. The lowest BCUT2D eigenvalue weighted by atomic mass is 10.1. The largest absolute Gasteiger partial charge is 0.357 e. The smallest absolute Gasteiger partial charge is 0.192 e. The SMILES string of the molecule is CCNC(=NCc1ccn(C2CCCC2)n1)NC(C)c1ccc(C)c(F)c1. The number of aliphatic imine (C=N–C) groups is 1. The number of guanidine groups is 1. The Kier molecular flexibility index (Phi) is 6.48. The van der Waals surface area contributed by atoms with E-state index in [1.165, 1.54) is 25.7 Å². The van der Waals surface area contributed by atoms with Crippen LogP contribution in [0.1, 0.15) is 68.4 Å². The molecule has 1 heterocycles. The van der Waals surface area contributed by atoms with Crippen LogP contribution >= 0.6 is 0 Å². The molecule has 3 rings (SSSR count). The van der Waals surface area contributed by atoms with Gasteiger partial charge in [0, 0.05) is 12.7 Å². The molecule has 146 valence electrons. The summed E-state index contributed by atoms with van der Waals surface area (Å²) in [6.45, 7) is 7.09. The van der Waals surface area contributed by atoms with Crippen LogP contribution in [-0.2, 0) is 6.54 Å². The summed E-state index contributed by atoms with van der Waals surface area (Å²) in [5.41, 5.74) is 2.52. The summed E-state index contributed by atoms with van der Waals surface area (Å²) in [6.07, 6.45) is 7.10. The average Bonchev–Trinajstić information content (AvgIpc) is 3.33. The molecule has 0 spiro atoms. The number of hydrogen-bond acceptors (Lipinski definition) is 2. The van der Waals surface area contributed by atoms with E-state index in [0.29, 0.717) is 24.1 Å². The van der Waals surface area contributed by atoms with Gasteiger partial charge in [-0.15, -0.1) is 0 Å². The Morgan fingerprint density at radius 2 is 2.11 bits per heavy atom. The highest BCUT2D eigenvalue weighted by Gasteiger charge is 2.17. The molecule has 1 aliphatic rings. The van der Waals surface area contributed by atoms with Gasteiger partial charge in [0.2, 0.25) is 0 Å². The van der Waals surface area contributed by atoms with Crippen LogP contribution in [-0.4, -0.2) is 22.3 Å². The maximum Gasteiger partial charge on any atom is 0.192 e. The monoisotopic (exact) mass is 371 g/mol. The molecule has 0 aliphatic heterocycles. The normalized spacial score (nSPS) is 16.5. The van der Waals surface area contributed by atoms with Gasteiger partial charge in [0.25, 0.3) is 0 Å². The van der Waals surface area contributed by atoms with Gasteiger partial charge in [0.15, 0.2) is 5.96 Å². The van der Waals surface area contributed by atoms with E-state index >= 15 is 0 Å². The molecule has 1 saturated carbocycles. The first-order valence-electron chi connectivity index (χ1n) is 9.91. The van der Waals surface area contributed by atoms with Gasteiger partial charge in [-0.1, -0.05) is 25.0 Å². The van der Waals surface area contributed by atoms with Crippen LogP contribution < -0.4 is 10.6 Å². The van der Waals surface area contributed by atoms with E-state index < -0.39 is 0 Å². The summed E-state index contributed by atoms with van der Waals surface area (Å²) < 4.78 is 15.9. The highest BCUT2D eigenvalue weighted by atomic mass is 19.1. The number of rotatable bonds is 6. The molecule has 2 N–H and O–H groups in total. The topological polar surface area (TPSA) is 54.2 Å². The molecule has 6 heteroatoms. The molecule has 1 aliphatic carbocycles. The second kappa shape index (κ2) is 9.02. The summed E-state index contributed by atoms with van der Waals surface area (Å²) in [4.78, 5) is 4.65. The van der Waals surface area contributed by atoms with Crippen molar-refractivity contribution in [1.82, 2.24) is 20.4 Å². The van der Waals surface area contributed by atoms with Crippen molar-refractivity contribution >= 4 is 5.96 Å². The Bertz CT molecular complexity index is 777. The van der Waals surface area contributed by atoms with E-state index in [9.17, 15) is 4.39 Å². The molecule has 2 aromatic rings. The molecule has 5 nitrogen and oxygen atoms in total. The third-order valence-electron chi connectivity index (χ3n) is 5.15. The summed E-state index contributed by atoms with van der Waals surface area (Å²) in [6, 6.07) is 7.88. The predicted molar refractivity (Wildman–Crippen MR) is 107 cm³/mol. The molecule has 1 atom stereocenters. The fourth-order valence-electron chi connectivity index (χ4n) is 3.48. The maximum atomic E-state index is 13.8. The molecule has 0 bridgehead atoms. The zero-order chi connectivity index (χ0) is 19.2. The van der Waals surface area contributed by atoms with Gasteiger partial charge in [-0.05, 0) is 56.9 Å². The van der Waals surface area contributed by atoms with Crippen molar-refractivity contribution < 1.29 is 4.39 Å². The van der Waals surface area contributed by atoms with E-state index in [-0.39, 0.29) is 11.9 Å². The Hall–Kier alpha value is -2.37. The lowest BCUT2D eigenvalue weighted by Gasteiger charge is -2.18. The van der Waals surface area contributed by atoms with Gasteiger partial charge in [-0.2, -0.15) is 5.10 Å². The van der Waals surface area contributed by atoms with Crippen LogP contribution in [0.4, 0.5) is 4.39 Å². The number of nitrogens with zero attached hydrogens (tertiary/aromatic N) is 3. The second-order valence-electron chi connectivity index (χ2n) is 7.30. The molecule has 0 saturated heterocycles. The van der Waals surface area contributed by atoms with Crippen LogP contribution in [0.2, 0.25) is 0 Å². The van der Waals surface area contributed by atoms with Crippen molar-refractivity contribution in [2.45, 2.75) is 65.1 Å². The molecule has 1 fully saturated rings. The highest BCUT2D eigenvalue weighted by molar-refractivity contribution is 5.80. The minimum Gasteiger partial charge on any atom is -0.357 e. The number of benzene rings is 1. The fraction of sp³-hybridized carbons (Fsp3) is 0.524. The zero-order valence-corrected chi connectivity index (χ0v) is 16.5. The van der Waals surface area contributed by atoms with Crippen molar-refractivity contribution in [3.8, 4) is 0 Å². The molecule has 0 radical (unpaired) electrons. The molecule has 1 unspecified atom stereocenters. The fourth-order valence-corrected chi connectivity index (χ4v) is 3.48. The standard InChI is InChI=1S/C21H30FN5/c1-4-23-21(25-16(3)17-10-9-15(2)20(22)13-17)24-14-18-11-12-27(26-18)19-7-5-6-8-19/h9-13,16,19H,4-8,14H2,1-3H3,(H2,23,24,25). The van der Waals surface area contributed by atoms with Crippen LogP contribution in [0.25, 0.3) is 0 Å². The lowest BCUT2D eigenvalue weighted by Crippen LogP contribution is -2.38. The van der Waals surface area contributed by atoms with Crippen LogP contribution in [0, 0.1) is 12.7 Å². The van der Waals surface area contributed by atoms with Gasteiger partial charge in [0.05, 0.1) is 24.3 Å². The molecule has 1 aromatic carbocycles. The van der Waals surface area contributed by atoms with Gasteiger partial charge >= 0.3 is 0 Å². The minimum atomic E-state index is -0.180. The average molecular weight is 372 g/mol. The minimum absolute atomic E-state index is 0.0473. The van der Waals surface area contributed by atoms with Gasteiger partial charge in [-0.3, -0.25) is 4.68 Å². The number of nitrogens with one attached hydrogen (secondary N) is 2. The molecular formula is C21H30FN5. The van der Waals surface area contributed by atoms with E-state index in [0.717, 1.165) is 17.8 Å². The van der Waals surface area contributed by atoms with E-state index in [1.807, 2.05) is 32.0 Å². The van der Waals surface area contributed by atoms with Gasteiger partial charge < -0.3 is 10.6 Å². The number of hydrogen-bond donors (Lipinski definition) is 2. The third-order valence-corrected chi connectivity index (χ3v) is 5.15.